The van der Waals surface area contributed by atoms with Crippen LogP contribution in [-0.2, 0) is 0 Å². The van der Waals surface area contributed by atoms with E-state index in [0.717, 1.165) is 0 Å². The molecule has 4 rings (SSSR count). The Hall–Kier alpha value is -4.11. The minimum atomic E-state index is -0.625. The van der Waals surface area contributed by atoms with E-state index in [9.17, 15) is 9.59 Å². The molecule has 0 unspecified atom stereocenters. The van der Waals surface area contributed by atoms with Crippen LogP contribution in [0.15, 0.2) is 53.5 Å². The third kappa shape index (κ3) is 4.33. The van der Waals surface area contributed by atoms with Gasteiger partial charge in [-0.25, -0.2) is 0 Å². The maximum Gasteiger partial charge on any atom is 0.274 e. The molecule has 0 saturated heterocycles. The fraction of sp³-hybridized carbons (Fsp3) is 0.0909. The molecule has 0 spiro atoms. The number of anilines is 2. The Kier molecular flexibility index (Phi) is 5.65. The van der Waals surface area contributed by atoms with Crippen molar-refractivity contribution in [2.75, 3.05) is 12.4 Å². The number of ether oxygens (including phenoxy) is 2. The molecule has 4 aromatic rings. The van der Waals surface area contributed by atoms with Crippen molar-refractivity contribution in [3.63, 3.8) is 0 Å². The van der Waals surface area contributed by atoms with Crippen LogP contribution in [0.4, 0.5) is 11.6 Å². The van der Waals surface area contributed by atoms with E-state index in [1.54, 1.807) is 49.5 Å². The van der Waals surface area contributed by atoms with Gasteiger partial charge < -0.3 is 25.5 Å². The fourth-order valence-electron chi connectivity index (χ4n) is 3.15. The van der Waals surface area contributed by atoms with Gasteiger partial charge in [0.15, 0.2) is 0 Å². The first kappa shape index (κ1) is 21.1. The highest BCUT2D eigenvalue weighted by molar-refractivity contribution is 6.33. The quantitative estimate of drug-likeness (QED) is 0.404. The van der Waals surface area contributed by atoms with E-state index in [4.69, 9.17) is 26.8 Å². The van der Waals surface area contributed by atoms with Gasteiger partial charge in [0.1, 0.15) is 17.2 Å². The van der Waals surface area contributed by atoms with E-state index in [0.29, 0.717) is 44.6 Å². The Bertz CT molecular complexity index is 1400. The van der Waals surface area contributed by atoms with E-state index in [-0.39, 0.29) is 17.1 Å². The lowest BCUT2D eigenvalue weighted by Crippen LogP contribution is -2.12. The van der Waals surface area contributed by atoms with Gasteiger partial charge in [0, 0.05) is 35.5 Å². The minimum absolute atomic E-state index is 0.218. The van der Waals surface area contributed by atoms with Gasteiger partial charge in [0.2, 0.25) is 5.95 Å². The standard InChI is InChI=1S/C22H18ClN5O4/c1-11-7-20(29)28-22(26-11)27-16-4-3-12(8-15(16)23)32-18-5-6-25-17-10-19(31-2)14(21(24)30)9-13(17)18/h3-10H,1-2H3,(H2,24,30)(H2,26,27,28,29). The Labute approximate surface area is 187 Å². The lowest BCUT2D eigenvalue weighted by atomic mass is 10.1. The molecule has 162 valence electrons. The molecular weight excluding hydrogens is 434 g/mol. The number of aromatic nitrogens is 3. The average molecular weight is 452 g/mol. The van der Waals surface area contributed by atoms with Gasteiger partial charge in [-0.1, -0.05) is 11.6 Å². The van der Waals surface area contributed by atoms with Gasteiger partial charge in [-0.3, -0.25) is 14.6 Å². The largest absolute Gasteiger partial charge is 0.496 e. The second kappa shape index (κ2) is 8.56. The van der Waals surface area contributed by atoms with Gasteiger partial charge >= 0.3 is 0 Å². The van der Waals surface area contributed by atoms with Crippen LogP contribution in [0.25, 0.3) is 10.9 Å². The van der Waals surface area contributed by atoms with Crippen molar-refractivity contribution in [1.82, 2.24) is 15.0 Å². The van der Waals surface area contributed by atoms with Crippen LogP contribution in [0.3, 0.4) is 0 Å². The number of nitrogens with two attached hydrogens (primary N) is 1. The van der Waals surface area contributed by atoms with Crippen molar-refractivity contribution in [2.45, 2.75) is 6.92 Å². The zero-order valence-corrected chi connectivity index (χ0v) is 17.9. The van der Waals surface area contributed by atoms with Crippen LogP contribution in [0, 0.1) is 6.92 Å². The first-order chi connectivity index (χ1) is 15.3. The number of hydrogen-bond acceptors (Lipinski definition) is 7. The number of primary amides is 1. The molecule has 0 radical (unpaired) electrons. The zero-order valence-electron chi connectivity index (χ0n) is 17.1. The third-order valence-corrected chi connectivity index (χ3v) is 4.90. The van der Waals surface area contributed by atoms with Crippen molar-refractivity contribution in [3.05, 3.63) is 75.3 Å². The van der Waals surface area contributed by atoms with Crippen LogP contribution in [0.5, 0.6) is 17.2 Å². The van der Waals surface area contributed by atoms with Crippen molar-refractivity contribution in [3.8, 4) is 17.2 Å². The number of pyridine rings is 1. The van der Waals surface area contributed by atoms with Crippen LogP contribution < -0.4 is 26.1 Å². The fourth-order valence-corrected chi connectivity index (χ4v) is 3.37. The number of H-pyrrole nitrogens is 1. The molecule has 0 atom stereocenters. The molecule has 4 N–H and O–H groups in total. The molecule has 9 nitrogen and oxygen atoms in total. The number of halogens is 1. The number of carbonyl (C=O) groups is 1. The average Bonchev–Trinajstić information content (AvgIpc) is 2.74. The third-order valence-electron chi connectivity index (χ3n) is 4.59. The number of nitrogens with zero attached hydrogens (tertiary/aromatic N) is 2. The van der Waals surface area contributed by atoms with E-state index < -0.39 is 5.91 Å². The summed E-state index contributed by atoms with van der Waals surface area (Å²) in [6, 6.07) is 11.3. The topological polar surface area (TPSA) is 132 Å². The number of amides is 1. The summed E-state index contributed by atoms with van der Waals surface area (Å²) < 4.78 is 11.2. The monoisotopic (exact) mass is 451 g/mol. The number of aryl methyl sites for hydroxylation is 1. The highest BCUT2D eigenvalue weighted by Crippen LogP contribution is 2.35. The summed E-state index contributed by atoms with van der Waals surface area (Å²) in [6.07, 6.45) is 1.58. The molecule has 2 aromatic carbocycles. The number of rotatable bonds is 6. The lowest BCUT2D eigenvalue weighted by molar-refractivity contribution is 0.0997. The molecule has 10 heteroatoms. The number of methoxy groups -OCH3 is 1. The molecule has 0 aliphatic carbocycles. The molecule has 0 aliphatic heterocycles. The second-order valence-corrected chi connectivity index (χ2v) is 7.27. The maximum absolute atomic E-state index is 11.8. The SMILES string of the molecule is COc1cc2nccc(Oc3ccc(Nc4nc(=O)cc(C)[nH]4)c(Cl)c3)c2cc1C(N)=O. The van der Waals surface area contributed by atoms with Gasteiger partial charge in [0.05, 0.1) is 28.9 Å². The Morgan fingerprint density at radius 1 is 1.16 bits per heavy atom. The molecule has 2 heterocycles. The Morgan fingerprint density at radius 2 is 1.97 bits per heavy atom. The summed E-state index contributed by atoms with van der Waals surface area (Å²) in [6.45, 7) is 1.76. The number of fused-ring (bicyclic) bond motifs is 1. The second-order valence-electron chi connectivity index (χ2n) is 6.86. The first-order valence-corrected chi connectivity index (χ1v) is 9.81. The Balaban J connectivity index is 1.65. The predicted octanol–water partition coefficient (Wildman–Crippen LogP) is 3.92. The first-order valence-electron chi connectivity index (χ1n) is 9.43. The summed E-state index contributed by atoms with van der Waals surface area (Å²) in [7, 11) is 1.45. The lowest BCUT2D eigenvalue weighted by Gasteiger charge is -2.13. The van der Waals surface area contributed by atoms with Gasteiger partial charge in [0.25, 0.3) is 11.5 Å². The van der Waals surface area contributed by atoms with Crippen LogP contribution in [0.2, 0.25) is 5.02 Å². The summed E-state index contributed by atoms with van der Waals surface area (Å²) in [5.74, 6) is 0.895. The van der Waals surface area contributed by atoms with Crippen molar-refractivity contribution in [2.24, 2.45) is 5.73 Å². The Morgan fingerprint density at radius 3 is 2.66 bits per heavy atom. The van der Waals surface area contributed by atoms with Crippen LogP contribution >= 0.6 is 11.6 Å². The van der Waals surface area contributed by atoms with Gasteiger partial charge in [-0.15, -0.1) is 0 Å². The maximum atomic E-state index is 11.8. The molecule has 0 fully saturated rings. The molecule has 0 bridgehead atoms. The molecule has 0 saturated carbocycles. The van der Waals surface area contributed by atoms with Crippen LogP contribution in [-0.4, -0.2) is 28.0 Å². The number of benzene rings is 2. The summed E-state index contributed by atoms with van der Waals surface area (Å²) >= 11 is 6.40. The van der Waals surface area contributed by atoms with Crippen molar-refractivity contribution in [1.29, 1.82) is 0 Å². The number of nitrogens with one attached hydrogen (secondary N) is 2. The molecule has 0 aliphatic rings. The van der Waals surface area contributed by atoms with Gasteiger partial charge in [-0.05, 0) is 31.2 Å². The highest BCUT2D eigenvalue weighted by atomic mass is 35.5. The zero-order chi connectivity index (χ0) is 22.8. The number of hydrogen-bond donors (Lipinski definition) is 3. The smallest absolute Gasteiger partial charge is 0.274 e. The molecule has 1 amide bonds. The van der Waals surface area contributed by atoms with Crippen molar-refractivity contribution < 1.29 is 14.3 Å². The van der Waals surface area contributed by atoms with Crippen molar-refractivity contribution >= 4 is 40.0 Å². The van der Waals surface area contributed by atoms with E-state index in [1.165, 1.54) is 13.2 Å². The predicted molar refractivity (Wildman–Crippen MR) is 121 cm³/mol. The molecular formula is C22H18ClN5O4. The molecule has 32 heavy (non-hydrogen) atoms. The summed E-state index contributed by atoms with van der Waals surface area (Å²) in [5.41, 5.74) is 7.10. The van der Waals surface area contributed by atoms with Gasteiger partial charge in [-0.2, -0.15) is 4.98 Å². The van der Waals surface area contributed by atoms with E-state index >= 15 is 0 Å². The number of carbonyl (C=O) groups excluding carboxylic acids is 1. The van der Waals surface area contributed by atoms with E-state index in [2.05, 4.69) is 20.3 Å². The summed E-state index contributed by atoms with van der Waals surface area (Å²) in [4.78, 5) is 34.5. The summed E-state index contributed by atoms with van der Waals surface area (Å²) in [5, 5.41) is 3.91. The highest BCUT2D eigenvalue weighted by Gasteiger charge is 2.15. The number of aromatic amines is 1. The minimum Gasteiger partial charge on any atom is -0.496 e. The normalized spacial score (nSPS) is 10.7. The van der Waals surface area contributed by atoms with E-state index in [1.807, 2.05) is 0 Å². The van der Waals surface area contributed by atoms with Crippen LogP contribution in [0.1, 0.15) is 16.1 Å². The molecule has 2 aromatic heterocycles.